The highest BCUT2D eigenvalue weighted by Gasteiger charge is 2.40. The maximum atomic E-state index is 17.0. The molecular weight excluding hydrogens is 790 g/mol. The van der Waals surface area contributed by atoms with Gasteiger partial charge >= 0.3 is 0 Å². The molecule has 60 heavy (non-hydrogen) atoms. The van der Waals surface area contributed by atoms with Crippen LogP contribution in [0.15, 0.2) is 237 Å². The predicted octanol–water partition coefficient (Wildman–Crippen LogP) is 10.1. The summed E-state index contributed by atoms with van der Waals surface area (Å²) < 4.78 is 50.9. The van der Waals surface area contributed by atoms with Gasteiger partial charge in [-0.15, -0.1) is 0 Å². The Morgan fingerprint density at radius 1 is 0.217 bits per heavy atom. The van der Waals surface area contributed by atoms with Crippen molar-refractivity contribution in [2.24, 2.45) is 0 Å². The van der Waals surface area contributed by atoms with E-state index in [4.69, 9.17) is 0 Å². The van der Waals surface area contributed by atoms with Crippen molar-refractivity contribution in [3.63, 3.8) is 0 Å². The fourth-order valence-electron chi connectivity index (χ4n) is 8.77. The van der Waals surface area contributed by atoms with Crippen molar-refractivity contribution >= 4 is 101 Å². The van der Waals surface area contributed by atoms with Crippen molar-refractivity contribution in [2.75, 3.05) is 0 Å². The molecule has 0 saturated carbocycles. The van der Waals surface area contributed by atoms with E-state index in [0.29, 0.717) is 47.7 Å². The summed E-state index contributed by atoms with van der Waals surface area (Å²) >= 11 is 0. The van der Waals surface area contributed by atoms with Crippen LogP contribution in [-0.2, 0) is 13.7 Å². The minimum absolute atomic E-state index is 0.463. The fraction of sp³-hybridized carbons (Fsp3) is 0. The zero-order chi connectivity index (χ0) is 40.7. The molecule has 288 valence electrons. The van der Waals surface area contributed by atoms with E-state index in [1.165, 1.54) is 0 Å². The summed E-state index contributed by atoms with van der Waals surface area (Å²) in [5, 5.41) is 10.7. The molecule has 3 unspecified atom stereocenters. The molecule has 0 aliphatic rings. The van der Waals surface area contributed by atoms with E-state index in [1.807, 2.05) is 237 Å². The zero-order valence-electron chi connectivity index (χ0n) is 32.6. The minimum atomic E-state index is -3.82. The van der Waals surface area contributed by atoms with Gasteiger partial charge in [0.15, 0.2) is 21.4 Å². The molecule has 0 saturated heterocycles. The molecule has 0 aliphatic carbocycles. The van der Waals surface area contributed by atoms with Crippen LogP contribution < -0.4 is 47.7 Å². The molecule has 3 nitrogen and oxygen atoms in total. The third-order valence-electron chi connectivity index (χ3n) is 11.7. The standard InChI is InChI=1S/C54H39O3P3/c55-58(43-25-4-1-5-26-43,52-34-16-22-40-19-10-13-31-49(40)52)46-37-47(59(56,44-27-6-2-7-28-44)53-35-17-23-41-20-11-14-32-50(41)53)39-48(38-46)60(57,45-29-8-3-9-30-45)54-36-18-24-42-21-12-15-33-51(42)54/h1-39H. The monoisotopic (exact) mass is 828 g/mol. The molecule has 10 aromatic rings. The molecule has 0 aliphatic heterocycles. The highest BCUT2D eigenvalue weighted by Crippen LogP contribution is 2.51. The van der Waals surface area contributed by atoms with Gasteiger partial charge in [0.2, 0.25) is 0 Å². The number of hydrogen-bond donors (Lipinski definition) is 0. The van der Waals surface area contributed by atoms with E-state index in [2.05, 4.69) is 0 Å². The summed E-state index contributed by atoms with van der Waals surface area (Å²) in [6.07, 6.45) is 0. The van der Waals surface area contributed by atoms with Crippen molar-refractivity contribution in [3.05, 3.63) is 237 Å². The van der Waals surface area contributed by atoms with Crippen LogP contribution in [0.1, 0.15) is 0 Å². The van der Waals surface area contributed by atoms with E-state index in [1.54, 1.807) is 0 Å². The average Bonchev–Trinajstić information content (AvgIpc) is 3.33. The van der Waals surface area contributed by atoms with Gasteiger partial charge in [-0.2, -0.15) is 0 Å². The largest absolute Gasteiger partial charge is 0.309 e. The van der Waals surface area contributed by atoms with Crippen LogP contribution in [0.4, 0.5) is 0 Å². The second-order valence-corrected chi connectivity index (χ2v) is 23.2. The summed E-state index contributed by atoms with van der Waals surface area (Å²) in [5.41, 5.74) is 0. The highest BCUT2D eigenvalue weighted by atomic mass is 31.2. The molecule has 0 heterocycles. The van der Waals surface area contributed by atoms with Crippen LogP contribution in [0.5, 0.6) is 0 Å². The molecule has 0 spiro atoms. The van der Waals surface area contributed by atoms with Gasteiger partial charge in [-0.25, -0.2) is 0 Å². The third kappa shape index (κ3) is 6.17. The van der Waals surface area contributed by atoms with Gasteiger partial charge in [0.05, 0.1) is 0 Å². The van der Waals surface area contributed by atoms with Gasteiger partial charge in [-0.05, 0) is 50.5 Å². The maximum Gasteiger partial charge on any atom is 0.171 e. The van der Waals surface area contributed by atoms with Crippen molar-refractivity contribution in [3.8, 4) is 0 Å². The van der Waals surface area contributed by atoms with E-state index in [9.17, 15) is 0 Å². The number of fused-ring (bicyclic) bond motifs is 3. The summed E-state index contributed by atoms with van der Waals surface area (Å²) in [5.74, 6) is 0. The van der Waals surface area contributed by atoms with Crippen molar-refractivity contribution in [1.29, 1.82) is 0 Å². The lowest BCUT2D eigenvalue weighted by molar-refractivity contribution is 0.592. The Bertz CT molecular complexity index is 2980. The molecule has 0 amide bonds. The third-order valence-corrected chi connectivity index (χ3v) is 20.9. The van der Waals surface area contributed by atoms with Crippen LogP contribution in [0.2, 0.25) is 0 Å². The quantitative estimate of drug-likeness (QED) is 0.136. The molecular formula is C54H39O3P3. The van der Waals surface area contributed by atoms with Crippen LogP contribution in [0.25, 0.3) is 32.3 Å². The van der Waals surface area contributed by atoms with Crippen molar-refractivity contribution in [2.45, 2.75) is 0 Å². The molecule has 0 aromatic heterocycles. The van der Waals surface area contributed by atoms with Gasteiger partial charge in [-0.3, -0.25) is 0 Å². The lowest BCUT2D eigenvalue weighted by atomic mass is 10.1. The van der Waals surface area contributed by atoms with Crippen LogP contribution in [-0.4, -0.2) is 0 Å². The SMILES string of the molecule is O=P(c1ccccc1)(c1cc(P(=O)(c2ccccc2)c2cccc3ccccc23)cc(P(=O)(c2ccccc2)c2cccc3ccccc23)c1)c1cccc2ccccc12. The van der Waals surface area contributed by atoms with Crippen molar-refractivity contribution < 1.29 is 13.7 Å². The molecule has 0 bridgehead atoms. The van der Waals surface area contributed by atoms with Gasteiger partial charge in [0.1, 0.15) is 0 Å². The minimum Gasteiger partial charge on any atom is -0.309 e. The normalized spacial score (nSPS) is 14.6. The first-order valence-corrected chi connectivity index (χ1v) is 25.1. The lowest BCUT2D eigenvalue weighted by Gasteiger charge is -2.28. The Balaban J connectivity index is 1.40. The second kappa shape index (κ2) is 15.4. The van der Waals surface area contributed by atoms with E-state index < -0.39 is 21.4 Å². The predicted molar refractivity (Wildman–Crippen MR) is 257 cm³/mol. The molecule has 10 rings (SSSR count). The molecule has 10 aromatic carbocycles. The Morgan fingerprint density at radius 3 is 0.733 bits per heavy atom. The van der Waals surface area contributed by atoms with Gasteiger partial charge in [-0.1, -0.05) is 218 Å². The average molecular weight is 829 g/mol. The van der Waals surface area contributed by atoms with Gasteiger partial charge in [0.25, 0.3) is 0 Å². The first-order valence-electron chi connectivity index (χ1n) is 20.0. The Labute approximate surface area is 350 Å². The van der Waals surface area contributed by atoms with E-state index in [-0.39, 0.29) is 0 Å². The first kappa shape index (κ1) is 37.9. The molecule has 3 atom stereocenters. The smallest absolute Gasteiger partial charge is 0.171 e. The van der Waals surface area contributed by atoms with Crippen LogP contribution in [0.3, 0.4) is 0 Å². The van der Waals surface area contributed by atoms with Gasteiger partial charge in [0, 0.05) is 47.7 Å². The maximum absolute atomic E-state index is 17.0. The van der Waals surface area contributed by atoms with Crippen molar-refractivity contribution in [1.82, 2.24) is 0 Å². The summed E-state index contributed by atoms with van der Waals surface area (Å²) in [6, 6.07) is 76.2. The Hall–Kier alpha value is -6.33. The molecule has 0 N–H and O–H groups in total. The number of rotatable bonds is 9. The topological polar surface area (TPSA) is 51.2 Å². The number of hydrogen-bond acceptors (Lipinski definition) is 3. The molecule has 0 radical (unpaired) electrons. The van der Waals surface area contributed by atoms with Gasteiger partial charge < -0.3 is 13.7 Å². The first-order chi connectivity index (χ1) is 29.4. The van der Waals surface area contributed by atoms with Crippen LogP contribution in [0, 0.1) is 0 Å². The highest BCUT2D eigenvalue weighted by molar-refractivity contribution is 7.88. The molecule has 6 heteroatoms. The Morgan fingerprint density at radius 2 is 0.450 bits per heavy atom. The van der Waals surface area contributed by atoms with E-state index in [0.717, 1.165) is 32.3 Å². The summed E-state index contributed by atoms with van der Waals surface area (Å²) in [4.78, 5) is 0. The zero-order valence-corrected chi connectivity index (χ0v) is 35.3. The lowest BCUT2D eigenvalue weighted by Crippen LogP contribution is -2.36. The summed E-state index contributed by atoms with van der Waals surface area (Å²) in [6.45, 7) is 0. The van der Waals surface area contributed by atoms with Crippen LogP contribution >= 0.6 is 21.4 Å². The summed E-state index contributed by atoms with van der Waals surface area (Å²) in [7, 11) is -11.5. The Kier molecular flexibility index (Phi) is 9.71. The fourth-order valence-corrected chi connectivity index (χ4v) is 17.9. The number of benzene rings is 10. The second-order valence-electron chi connectivity index (χ2n) is 15.0. The molecule has 0 fully saturated rings. The van der Waals surface area contributed by atoms with E-state index >= 15 is 13.7 Å².